The molecule has 0 atom stereocenters. The molecule has 0 fully saturated rings. The van der Waals surface area contributed by atoms with Crippen molar-refractivity contribution in [2.24, 2.45) is 0 Å². The molecule has 2 heterocycles. The van der Waals surface area contributed by atoms with Crippen molar-refractivity contribution in [2.45, 2.75) is 6.92 Å². The average molecular weight is 464 g/mol. The van der Waals surface area contributed by atoms with E-state index in [2.05, 4.69) is 25.9 Å². The third kappa shape index (κ3) is 5.09. The van der Waals surface area contributed by atoms with Crippen LogP contribution in [-0.4, -0.2) is 15.9 Å². The minimum absolute atomic E-state index is 0.233. The van der Waals surface area contributed by atoms with E-state index in [0.29, 0.717) is 33.5 Å². The van der Waals surface area contributed by atoms with Crippen molar-refractivity contribution in [3.63, 3.8) is 0 Å². The van der Waals surface area contributed by atoms with Gasteiger partial charge in [-0.25, -0.2) is 4.39 Å². The van der Waals surface area contributed by atoms with Gasteiger partial charge in [-0.2, -0.15) is 0 Å². The summed E-state index contributed by atoms with van der Waals surface area (Å²) in [4.78, 5) is 21.4. The maximum atomic E-state index is 13.8. The van der Waals surface area contributed by atoms with Crippen molar-refractivity contribution in [3.8, 4) is 0 Å². The zero-order valence-electron chi connectivity index (χ0n) is 18.9. The molecule has 0 saturated heterocycles. The van der Waals surface area contributed by atoms with Crippen molar-refractivity contribution in [2.75, 3.05) is 16.0 Å². The Morgan fingerprint density at radius 1 is 0.771 bits per heavy atom. The van der Waals surface area contributed by atoms with Crippen LogP contribution in [0.5, 0.6) is 0 Å². The Balaban J connectivity index is 1.35. The Hall–Kier alpha value is -4.78. The van der Waals surface area contributed by atoms with Crippen LogP contribution in [0.2, 0.25) is 0 Å². The van der Waals surface area contributed by atoms with Crippen molar-refractivity contribution in [3.05, 3.63) is 114 Å². The summed E-state index contributed by atoms with van der Waals surface area (Å²) < 4.78 is 13.8. The van der Waals surface area contributed by atoms with Gasteiger partial charge in [0.2, 0.25) is 0 Å². The minimum Gasteiger partial charge on any atom is -0.355 e. The Morgan fingerprint density at radius 3 is 2.46 bits per heavy atom. The third-order valence-corrected chi connectivity index (χ3v) is 5.56. The molecule has 3 aromatic carbocycles. The van der Waals surface area contributed by atoms with Crippen LogP contribution in [0.1, 0.15) is 15.9 Å². The first-order chi connectivity index (χ1) is 17.0. The fraction of sp³-hybridized carbons (Fsp3) is 0.0357. The van der Waals surface area contributed by atoms with Gasteiger partial charge in [0.25, 0.3) is 5.91 Å². The highest BCUT2D eigenvalue weighted by atomic mass is 19.1. The largest absolute Gasteiger partial charge is 0.355 e. The van der Waals surface area contributed by atoms with Crippen LogP contribution in [-0.2, 0) is 0 Å². The van der Waals surface area contributed by atoms with Crippen LogP contribution in [0.4, 0.5) is 32.8 Å². The topological polar surface area (TPSA) is 78.9 Å². The van der Waals surface area contributed by atoms with Gasteiger partial charge in [-0.1, -0.05) is 12.1 Å². The van der Waals surface area contributed by atoms with Gasteiger partial charge in [-0.3, -0.25) is 14.8 Å². The number of halogens is 1. The number of nitrogens with zero attached hydrogens (tertiary/aromatic N) is 2. The smallest absolute Gasteiger partial charge is 0.255 e. The maximum Gasteiger partial charge on any atom is 0.255 e. The zero-order chi connectivity index (χ0) is 24.2. The Morgan fingerprint density at radius 2 is 1.60 bits per heavy atom. The lowest BCUT2D eigenvalue weighted by atomic mass is 10.1. The molecule has 1 amide bonds. The van der Waals surface area contributed by atoms with Crippen LogP contribution in [0.3, 0.4) is 0 Å². The summed E-state index contributed by atoms with van der Waals surface area (Å²) in [6.45, 7) is 1.94. The van der Waals surface area contributed by atoms with Gasteiger partial charge in [0.1, 0.15) is 5.82 Å². The number of amides is 1. The number of carbonyl (C=O) groups is 1. The molecule has 0 aliphatic carbocycles. The van der Waals surface area contributed by atoms with Crippen molar-refractivity contribution in [1.29, 1.82) is 0 Å². The summed E-state index contributed by atoms with van der Waals surface area (Å²) in [5.41, 5.74) is 6.00. The number of aryl methyl sites for hydroxylation is 1. The fourth-order valence-corrected chi connectivity index (χ4v) is 3.75. The molecular weight excluding hydrogens is 441 g/mol. The third-order valence-electron chi connectivity index (χ3n) is 5.56. The molecule has 0 aliphatic rings. The molecule has 0 unspecified atom stereocenters. The maximum absolute atomic E-state index is 13.8. The van der Waals surface area contributed by atoms with Crippen molar-refractivity contribution < 1.29 is 9.18 Å². The van der Waals surface area contributed by atoms with Gasteiger partial charge >= 0.3 is 0 Å². The SMILES string of the molecule is Cc1ccc(Nc2ccncc2)cc1NC(=O)c1cccc(Nc2ccnc3ccc(F)cc23)c1. The van der Waals surface area contributed by atoms with E-state index < -0.39 is 0 Å². The van der Waals surface area contributed by atoms with E-state index in [4.69, 9.17) is 0 Å². The molecule has 0 bridgehead atoms. The van der Waals surface area contributed by atoms with Gasteiger partial charge in [0.05, 0.1) is 5.52 Å². The molecule has 35 heavy (non-hydrogen) atoms. The molecule has 5 aromatic rings. The van der Waals surface area contributed by atoms with Gasteiger partial charge in [0, 0.05) is 58.0 Å². The molecular formula is C28H22FN5O. The monoisotopic (exact) mass is 463 g/mol. The number of hydrogen-bond donors (Lipinski definition) is 3. The summed E-state index contributed by atoms with van der Waals surface area (Å²) in [5.74, 6) is -0.568. The summed E-state index contributed by atoms with van der Waals surface area (Å²) in [7, 11) is 0. The summed E-state index contributed by atoms with van der Waals surface area (Å²) in [5, 5.41) is 10.3. The number of carbonyl (C=O) groups excluding carboxylic acids is 1. The first-order valence-corrected chi connectivity index (χ1v) is 11.1. The Labute approximate surface area is 201 Å². The van der Waals surface area contributed by atoms with Gasteiger partial charge in [-0.05, 0) is 79.2 Å². The number of hydrogen-bond acceptors (Lipinski definition) is 5. The zero-order valence-corrected chi connectivity index (χ0v) is 18.9. The van der Waals surface area contributed by atoms with E-state index in [-0.39, 0.29) is 11.7 Å². The highest BCUT2D eigenvalue weighted by Crippen LogP contribution is 2.27. The second-order valence-electron chi connectivity index (χ2n) is 8.07. The lowest BCUT2D eigenvalue weighted by Gasteiger charge is -2.13. The Kier molecular flexibility index (Phi) is 6.05. The quantitative estimate of drug-likeness (QED) is 0.258. The second-order valence-corrected chi connectivity index (χ2v) is 8.07. The first kappa shape index (κ1) is 22.0. The van der Waals surface area contributed by atoms with E-state index in [1.807, 2.05) is 43.3 Å². The van der Waals surface area contributed by atoms with E-state index in [9.17, 15) is 9.18 Å². The van der Waals surface area contributed by atoms with Crippen LogP contribution >= 0.6 is 0 Å². The molecule has 0 radical (unpaired) electrons. The predicted octanol–water partition coefficient (Wildman–Crippen LogP) is 6.82. The Bertz CT molecular complexity index is 1520. The van der Waals surface area contributed by atoms with Crippen molar-refractivity contribution >= 4 is 45.2 Å². The van der Waals surface area contributed by atoms with Gasteiger partial charge in [-0.15, -0.1) is 0 Å². The van der Waals surface area contributed by atoms with E-state index in [0.717, 1.165) is 16.9 Å². The van der Waals surface area contributed by atoms with Crippen LogP contribution in [0.25, 0.3) is 10.9 Å². The molecule has 0 saturated carbocycles. The lowest BCUT2D eigenvalue weighted by molar-refractivity contribution is 0.102. The summed E-state index contributed by atoms with van der Waals surface area (Å²) in [6.07, 6.45) is 5.09. The normalized spacial score (nSPS) is 10.7. The average Bonchev–Trinajstić information content (AvgIpc) is 2.87. The first-order valence-electron chi connectivity index (χ1n) is 11.1. The number of fused-ring (bicyclic) bond motifs is 1. The number of anilines is 5. The number of nitrogens with one attached hydrogen (secondary N) is 3. The van der Waals surface area contributed by atoms with E-state index in [1.165, 1.54) is 12.1 Å². The van der Waals surface area contributed by atoms with Crippen LogP contribution in [0.15, 0.2) is 97.5 Å². The second kappa shape index (κ2) is 9.61. The number of rotatable bonds is 6. The molecule has 6 nitrogen and oxygen atoms in total. The number of pyridine rings is 2. The fourth-order valence-electron chi connectivity index (χ4n) is 3.75. The summed E-state index contributed by atoms with van der Waals surface area (Å²) >= 11 is 0. The van der Waals surface area contributed by atoms with Gasteiger partial charge in [0.15, 0.2) is 0 Å². The molecule has 172 valence electrons. The minimum atomic E-state index is -0.335. The molecule has 2 aromatic heterocycles. The number of aromatic nitrogens is 2. The van der Waals surface area contributed by atoms with E-state index >= 15 is 0 Å². The highest BCUT2D eigenvalue weighted by molar-refractivity contribution is 6.05. The molecule has 3 N–H and O–H groups in total. The van der Waals surface area contributed by atoms with Crippen LogP contribution < -0.4 is 16.0 Å². The lowest BCUT2D eigenvalue weighted by Crippen LogP contribution is -2.13. The molecule has 0 aliphatic heterocycles. The predicted molar refractivity (Wildman–Crippen MR) is 138 cm³/mol. The van der Waals surface area contributed by atoms with E-state index in [1.54, 1.807) is 48.9 Å². The van der Waals surface area contributed by atoms with Gasteiger partial charge < -0.3 is 16.0 Å². The number of benzene rings is 3. The highest BCUT2D eigenvalue weighted by Gasteiger charge is 2.11. The molecule has 5 rings (SSSR count). The van der Waals surface area contributed by atoms with Crippen molar-refractivity contribution in [1.82, 2.24) is 9.97 Å². The summed E-state index contributed by atoms with van der Waals surface area (Å²) in [6, 6.07) is 22.9. The standard InChI is InChI=1S/C28H22FN5O/c1-18-5-7-23(32-21-9-12-30-13-10-21)17-27(18)34-28(35)19-3-2-4-22(15-19)33-26-11-14-31-25-8-6-20(29)16-24(25)26/h2-17H,1H3,(H,30,32)(H,31,33)(H,34,35). The van der Waals surface area contributed by atoms with Crippen LogP contribution in [0, 0.1) is 12.7 Å². The molecule has 0 spiro atoms. The molecule has 7 heteroatoms.